The number of amides is 1. The highest BCUT2D eigenvalue weighted by molar-refractivity contribution is 5.79. The second kappa shape index (κ2) is 8.03. The van der Waals surface area contributed by atoms with Gasteiger partial charge < -0.3 is 14.5 Å². The van der Waals surface area contributed by atoms with Crippen LogP contribution >= 0.6 is 0 Å². The SMILES string of the molecule is COc1ccc(CC(=O)N2CCN(c3ncc([N+](=O)[O-])cc3C)CC2)cc1. The summed E-state index contributed by atoms with van der Waals surface area (Å²) < 4.78 is 5.13. The second-order valence-electron chi connectivity index (χ2n) is 6.48. The molecule has 27 heavy (non-hydrogen) atoms. The Morgan fingerprint density at radius 2 is 1.89 bits per heavy atom. The molecule has 0 N–H and O–H groups in total. The minimum absolute atomic E-state index is 0.00967. The number of nitrogens with zero attached hydrogens (tertiary/aromatic N) is 4. The van der Waals surface area contributed by atoms with Crippen molar-refractivity contribution in [1.82, 2.24) is 9.88 Å². The number of aryl methyl sites for hydroxylation is 1. The Morgan fingerprint density at radius 3 is 2.44 bits per heavy atom. The predicted octanol–water partition coefficient (Wildman–Crippen LogP) is 2.20. The van der Waals surface area contributed by atoms with Crippen molar-refractivity contribution in [2.24, 2.45) is 0 Å². The number of nitro groups is 1. The van der Waals surface area contributed by atoms with Gasteiger partial charge in [0.25, 0.3) is 5.69 Å². The predicted molar refractivity (Wildman–Crippen MR) is 101 cm³/mol. The lowest BCUT2D eigenvalue weighted by Crippen LogP contribution is -2.49. The van der Waals surface area contributed by atoms with E-state index in [9.17, 15) is 14.9 Å². The minimum atomic E-state index is -0.445. The van der Waals surface area contributed by atoms with E-state index in [1.807, 2.05) is 36.1 Å². The van der Waals surface area contributed by atoms with E-state index in [1.54, 1.807) is 7.11 Å². The maximum atomic E-state index is 12.5. The third-order valence-electron chi connectivity index (χ3n) is 4.69. The molecule has 3 rings (SSSR count). The maximum absolute atomic E-state index is 12.5. The van der Waals surface area contributed by atoms with Gasteiger partial charge in [-0.2, -0.15) is 0 Å². The van der Waals surface area contributed by atoms with E-state index in [2.05, 4.69) is 9.88 Å². The van der Waals surface area contributed by atoms with Crippen molar-refractivity contribution in [1.29, 1.82) is 0 Å². The lowest BCUT2D eigenvalue weighted by Gasteiger charge is -2.36. The average Bonchev–Trinajstić information content (AvgIpc) is 2.68. The Bertz CT molecular complexity index is 830. The fourth-order valence-electron chi connectivity index (χ4n) is 3.18. The lowest BCUT2D eigenvalue weighted by atomic mass is 10.1. The van der Waals surface area contributed by atoms with Crippen molar-refractivity contribution >= 4 is 17.4 Å². The van der Waals surface area contributed by atoms with Gasteiger partial charge in [-0.15, -0.1) is 0 Å². The third-order valence-corrected chi connectivity index (χ3v) is 4.69. The quantitative estimate of drug-likeness (QED) is 0.592. The molecule has 1 fully saturated rings. The van der Waals surface area contributed by atoms with Crippen molar-refractivity contribution in [2.75, 3.05) is 38.2 Å². The molecule has 1 aromatic heterocycles. The summed E-state index contributed by atoms with van der Waals surface area (Å²) in [5.41, 5.74) is 1.71. The van der Waals surface area contributed by atoms with Gasteiger partial charge in [-0.1, -0.05) is 12.1 Å². The summed E-state index contributed by atoms with van der Waals surface area (Å²) in [5.74, 6) is 1.60. The molecule has 0 atom stereocenters. The van der Waals surface area contributed by atoms with E-state index in [-0.39, 0.29) is 11.6 Å². The Hall–Kier alpha value is -3.16. The molecule has 2 heterocycles. The van der Waals surface area contributed by atoms with E-state index in [0.29, 0.717) is 32.6 Å². The molecule has 8 nitrogen and oxygen atoms in total. The molecular weight excluding hydrogens is 348 g/mol. The highest BCUT2D eigenvalue weighted by Gasteiger charge is 2.23. The molecule has 0 radical (unpaired) electrons. The highest BCUT2D eigenvalue weighted by atomic mass is 16.6. The fourth-order valence-corrected chi connectivity index (χ4v) is 3.18. The zero-order valence-electron chi connectivity index (χ0n) is 15.4. The molecule has 8 heteroatoms. The van der Waals surface area contributed by atoms with Crippen molar-refractivity contribution in [3.05, 3.63) is 57.8 Å². The van der Waals surface area contributed by atoms with Gasteiger partial charge in [0.2, 0.25) is 5.91 Å². The number of benzene rings is 1. The zero-order chi connectivity index (χ0) is 19.4. The Kier molecular flexibility index (Phi) is 5.54. The number of pyridine rings is 1. The number of carbonyl (C=O) groups is 1. The topological polar surface area (TPSA) is 88.8 Å². The molecule has 142 valence electrons. The summed E-state index contributed by atoms with van der Waals surface area (Å²) >= 11 is 0. The van der Waals surface area contributed by atoms with Crippen LogP contribution in [0.25, 0.3) is 0 Å². The van der Waals surface area contributed by atoms with Gasteiger partial charge in [0.15, 0.2) is 0 Å². The van der Waals surface area contributed by atoms with E-state index in [1.165, 1.54) is 12.3 Å². The first-order valence-electron chi connectivity index (χ1n) is 8.74. The molecule has 1 aliphatic rings. The Morgan fingerprint density at radius 1 is 1.22 bits per heavy atom. The van der Waals surface area contributed by atoms with E-state index in [0.717, 1.165) is 22.7 Å². The summed E-state index contributed by atoms with van der Waals surface area (Å²) in [6.45, 7) is 4.33. The smallest absolute Gasteiger partial charge is 0.287 e. The Labute approximate surface area is 157 Å². The molecular formula is C19H22N4O4. The van der Waals surface area contributed by atoms with Crippen molar-refractivity contribution in [3.8, 4) is 5.75 Å². The van der Waals surface area contributed by atoms with E-state index >= 15 is 0 Å². The van der Waals surface area contributed by atoms with Crippen LogP contribution in [0.15, 0.2) is 36.5 Å². The summed E-state index contributed by atoms with van der Waals surface area (Å²) in [7, 11) is 1.61. The van der Waals surface area contributed by atoms with E-state index < -0.39 is 4.92 Å². The van der Waals surface area contributed by atoms with Crippen LogP contribution in [0.5, 0.6) is 5.75 Å². The molecule has 1 aromatic carbocycles. The standard InChI is InChI=1S/C19H22N4O4/c1-14-11-16(23(25)26)13-20-19(14)22-9-7-21(8-10-22)18(24)12-15-3-5-17(27-2)6-4-15/h3-6,11,13H,7-10,12H2,1-2H3. The molecule has 1 saturated heterocycles. The number of anilines is 1. The first-order valence-corrected chi connectivity index (χ1v) is 8.74. The second-order valence-corrected chi connectivity index (χ2v) is 6.48. The molecule has 0 bridgehead atoms. The first kappa shape index (κ1) is 18.6. The van der Waals surface area contributed by atoms with Crippen LogP contribution in [0.3, 0.4) is 0 Å². The van der Waals surface area contributed by atoms with Gasteiger partial charge in [0, 0.05) is 32.2 Å². The molecule has 0 saturated carbocycles. The number of methoxy groups -OCH3 is 1. The van der Waals surface area contributed by atoms with Crippen molar-refractivity contribution in [3.63, 3.8) is 0 Å². The maximum Gasteiger partial charge on any atom is 0.287 e. The fraction of sp³-hybridized carbons (Fsp3) is 0.368. The molecule has 1 aliphatic heterocycles. The average molecular weight is 370 g/mol. The van der Waals surface area contributed by atoms with Gasteiger partial charge in [-0.3, -0.25) is 14.9 Å². The summed E-state index contributed by atoms with van der Waals surface area (Å²) in [5, 5.41) is 10.8. The number of piperazine rings is 1. The number of hydrogen-bond acceptors (Lipinski definition) is 6. The summed E-state index contributed by atoms with van der Waals surface area (Å²) in [4.78, 5) is 31.1. The highest BCUT2D eigenvalue weighted by Crippen LogP contribution is 2.23. The lowest BCUT2D eigenvalue weighted by molar-refractivity contribution is -0.385. The first-order chi connectivity index (χ1) is 13.0. The van der Waals surface area contributed by atoms with E-state index in [4.69, 9.17) is 4.74 Å². The number of carbonyl (C=O) groups excluding carboxylic acids is 1. The Balaban J connectivity index is 1.58. The third kappa shape index (κ3) is 4.33. The van der Waals surface area contributed by atoms with Gasteiger partial charge >= 0.3 is 0 Å². The molecule has 1 amide bonds. The van der Waals surface area contributed by atoms with Crippen molar-refractivity contribution < 1.29 is 14.5 Å². The molecule has 0 spiro atoms. The number of ether oxygens (including phenoxy) is 1. The largest absolute Gasteiger partial charge is 0.497 e. The van der Waals surface area contributed by atoms with Gasteiger partial charge in [-0.05, 0) is 30.2 Å². The van der Waals surface area contributed by atoms with Crippen molar-refractivity contribution in [2.45, 2.75) is 13.3 Å². The van der Waals surface area contributed by atoms with Gasteiger partial charge in [0.05, 0.1) is 18.5 Å². The normalized spacial score (nSPS) is 14.1. The van der Waals surface area contributed by atoms with Crippen LogP contribution in [0.1, 0.15) is 11.1 Å². The minimum Gasteiger partial charge on any atom is -0.497 e. The van der Waals surface area contributed by atoms with Crippen LogP contribution < -0.4 is 9.64 Å². The molecule has 0 aliphatic carbocycles. The summed E-state index contributed by atoms with van der Waals surface area (Å²) in [6.07, 6.45) is 1.64. The number of aromatic nitrogens is 1. The van der Waals surface area contributed by atoms with Crippen LogP contribution in [0.2, 0.25) is 0 Å². The van der Waals surface area contributed by atoms with Crippen LogP contribution in [0.4, 0.5) is 11.5 Å². The van der Waals surface area contributed by atoms with Gasteiger partial charge in [0.1, 0.15) is 17.8 Å². The van der Waals surface area contributed by atoms with Crippen LogP contribution in [0, 0.1) is 17.0 Å². The monoisotopic (exact) mass is 370 g/mol. The molecule has 0 unspecified atom stereocenters. The van der Waals surface area contributed by atoms with Crippen LogP contribution in [-0.2, 0) is 11.2 Å². The number of hydrogen-bond donors (Lipinski definition) is 0. The molecule has 2 aromatic rings. The van der Waals surface area contributed by atoms with Crippen LogP contribution in [-0.4, -0.2) is 54.0 Å². The van der Waals surface area contributed by atoms with Gasteiger partial charge in [-0.25, -0.2) is 4.98 Å². The number of rotatable bonds is 5. The summed E-state index contributed by atoms with van der Waals surface area (Å²) in [6, 6.07) is 9.03. The zero-order valence-corrected chi connectivity index (χ0v) is 15.4.